The van der Waals surface area contributed by atoms with Crippen LogP contribution in [-0.2, 0) is 20.1 Å². The number of nitrogens with zero attached hydrogens (tertiary/aromatic N) is 2. The van der Waals surface area contributed by atoms with Crippen LogP contribution in [0.1, 0.15) is 23.4 Å². The fourth-order valence-electron chi connectivity index (χ4n) is 3.53. The fourth-order valence-corrected chi connectivity index (χ4v) is 4.60. The molecule has 3 heterocycles. The van der Waals surface area contributed by atoms with Crippen LogP contribution in [0.25, 0.3) is 0 Å². The summed E-state index contributed by atoms with van der Waals surface area (Å²) in [4.78, 5) is 25.9. The summed E-state index contributed by atoms with van der Waals surface area (Å²) in [5.41, 5.74) is 1.04. The van der Waals surface area contributed by atoms with Crippen molar-refractivity contribution in [2.75, 3.05) is 32.1 Å². The number of aryl methyl sites for hydroxylation is 2. The smallest absolute Gasteiger partial charge is 0.311 e. The average molecular weight is 354 g/mol. The Morgan fingerprint density at radius 1 is 1.46 bits per heavy atom. The number of amides is 1. The predicted octanol–water partition coefficient (Wildman–Crippen LogP) is 1.47. The molecule has 0 aliphatic carbocycles. The lowest BCUT2D eigenvalue weighted by molar-refractivity contribution is -0.157. The highest BCUT2D eigenvalue weighted by atomic mass is 32.2. The molecule has 2 aliphatic heterocycles. The van der Waals surface area contributed by atoms with Gasteiger partial charge in [0.15, 0.2) is 0 Å². The molecule has 0 bridgehead atoms. The van der Waals surface area contributed by atoms with Gasteiger partial charge >= 0.3 is 5.97 Å². The van der Waals surface area contributed by atoms with Gasteiger partial charge in [-0.15, -0.1) is 11.8 Å². The van der Waals surface area contributed by atoms with Crippen LogP contribution in [0, 0.1) is 25.2 Å². The first-order valence-corrected chi connectivity index (χ1v) is 9.18. The van der Waals surface area contributed by atoms with Crippen molar-refractivity contribution in [3.05, 3.63) is 17.0 Å². The predicted molar refractivity (Wildman–Crippen MR) is 87.7 cm³/mol. The quantitative estimate of drug-likeness (QED) is 0.856. The summed E-state index contributed by atoms with van der Waals surface area (Å²) in [5, 5.41) is 13.6. The van der Waals surface area contributed by atoms with E-state index in [9.17, 15) is 14.7 Å². The largest absolute Gasteiger partial charge is 0.481 e. The van der Waals surface area contributed by atoms with Crippen LogP contribution in [0.4, 0.5) is 0 Å². The van der Waals surface area contributed by atoms with Crippen LogP contribution in [0.3, 0.4) is 0 Å². The van der Waals surface area contributed by atoms with E-state index in [4.69, 9.17) is 9.26 Å². The average Bonchev–Trinajstić information content (AvgIpc) is 3.10. The number of aliphatic carboxylic acids is 1. The number of hydrogen-bond acceptors (Lipinski definition) is 6. The van der Waals surface area contributed by atoms with Crippen molar-refractivity contribution in [2.24, 2.45) is 11.3 Å². The van der Waals surface area contributed by atoms with Crippen molar-refractivity contribution < 1.29 is 24.0 Å². The first-order chi connectivity index (χ1) is 11.4. The zero-order chi connectivity index (χ0) is 17.3. The summed E-state index contributed by atoms with van der Waals surface area (Å²) in [5.74, 6) is 0.836. The lowest BCUT2D eigenvalue weighted by Gasteiger charge is -2.33. The van der Waals surface area contributed by atoms with E-state index >= 15 is 0 Å². The highest BCUT2D eigenvalue weighted by Gasteiger charge is 2.54. The highest BCUT2D eigenvalue weighted by Crippen LogP contribution is 2.42. The van der Waals surface area contributed by atoms with Crippen molar-refractivity contribution in [2.45, 2.75) is 26.0 Å². The first kappa shape index (κ1) is 17.3. The van der Waals surface area contributed by atoms with Crippen LogP contribution >= 0.6 is 11.8 Å². The molecule has 2 fully saturated rings. The van der Waals surface area contributed by atoms with Crippen molar-refractivity contribution >= 4 is 23.6 Å². The summed E-state index contributed by atoms with van der Waals surface area (Å²) < 4.78 is 10.5. The van der Waals surface area contributed by atoms with Gasteiger partial charge < -0.3 is 19.3 Å². The lowest BCUT2D eigenvalue weighted by Crippen LogP contribution is -2.45. The maximum Gasteiger partial charge on any atom is 0.311 e. The zero-order valence-electron chi connectivity index (χ0n) is 13.9. The summed E-state index contributed by atoms with van der Waals surface area (Å²) >= 11 is 1.50. The number of rotatable bonds is 5. The number of carbonyl (C=O) groups excluding carboxylic acids is 1. The molecule has 0 spiro atoms. The third-order valence-electron chi connectivity index (χ3n) is 5.14. The van der Waals surface area contributed by atoms with Crippen LogP contribution in [-0.4, -0.2) is 59.1 Å². The molecule has 0 saturated carbocycles. The van der Waals surface area contributed by atoms with E-state index in [-0.39, 0.29) is 11.8 Å². The Morgan fingerprint density at radius 2 is 2.25 bits per heavy atom. The molecule has 2 atom stereocenters. The second kappa shape index (κ2) is 6.76. The summed E-state index contributed by atoms with van der Waals surface area (Å²) in [6.45, 7) is 5.38. The summed E-state index contributed by atoms with van der Waals surface area (Å²) in [6.07, 6.45) is 0.475. The number of thioether (sulfide) groups is 1. The number of carboxylic acids is 1. The molecule has 8 heteroatoms. The molecule has 1 N–H and O–H groups in total. The van der Waals surface area contributed by atoms with Crippen LogP contribution in [0.15, 0.2) is 4.52 Å². The number of hydrogen-bond donors (Lipinski definition) is 1. The molecule has 7 nitrogen and oxygen atoms in total. The monoisotopic (exact) mass is 354 g/mol. The molecule has 2 saturated heterocycles. The SMILES string of the molecule is Cc1noc(C)c1CSCC(=O)N1C[C@H]2COCC[C@@]2(C(=O)O)C1. The molecule has 3 rings (SSSR count). The minimum Gasteiger partial charge on any atom is -0.481 e. The van der Waals surface area contributed by atoms with E-state index in [1.54, 1.807) is 4.90 Å². The van der Waals surface area contributed by atoms with E-state index < -0.39 is 11.4 Å². The maximum atomic E-state index is 12.5. The second-order valence-electron chi connectivity index (χ2n) is 6.55. The Labute approximate surface area is 144 Å². The number of fused-ring (bicyclic) bond motifs is 1. The van der Waals surface area contributed by atoms with E-state index in [0.29, 0.717) is 44.2 Å². The van der Waals surface area contributed by atoms with E-state index in [2.05, 4.69) is 5.16 Å². The second-order valence-corrected chi connectivity index (χ2v) is 7.54. The van der Waals surface area contributed by atoms with Crippen LogP contribution < -0.4 is 0 Å². The Bertz CT molecular complexity index is 627. The van der Waals surface area contributed by atoms with Gasteiger partial charge in [0.05, 0.1) is 23.5 Å². The number of ether oxygens (including phenoxy) is 1. The number of carbonyl (C=O) groups is 2. The molecule has 1 aromatic rings. The van der Waals surface area contributed by atoms with Crippen molar-refractivity contribution in [1.82, 2.24) is 10.1 Å². The minimum atomic E-state index is -0.833. The van der Waals surface area contributed by atoms with Gasteiger partial charge in [-0.3, -0.25) is 9.59 Å². The summed E-state index contributed by atoms with van der Waals surface area (Å²) in [6, 6.07) is 0. The van der Waals surface area contributed by atoms with Crippen LogP contribution in [0.5, 0.6) is 0 Å². The third-order valence-corrected chi connectivity index (χ3v) is 6.08. The molecular formula is C16H22N2O5S. The molecule has 1 amide bonds. The molecule has 0 aromatic carbocycles. The van der Waals surface area contributed by atoms with Gasteiger partial charge in [0.2, 0.25) is 5.91 Å². The number of carboxylic acid groups (broad SMARTS) is 1. The molecule has 0 unspecified atom stereocenters. The molecule has 2 aliphatic rings. The maximum absolute atomic E-state index is 12.5. The van der Waals surface area contributed by atoms with Crippen molar-refractivity contribution in [3.8, 4) is 0 Å². The van der Waals surface area contributed by atoms with Gasteiger partial charge in [0.1, 0.15) is 5.76 Å². The Kier molecular flexibility index (Phi) is 4.87. The summed E-state index contributed by atoms with van der Waals surface area (Å²) in [7, 11) is 0. The normalized spacial score (nSPS) is 26.4. The number of aromatic nitrogens is 1. The van der Waals surface area contributed by atoms with Crippen LogP contribution in [0.2, 0.25) is 0 Å². The Balaban J connectivity index is 1.57. The fraction of sp³-hybridized carbons (Fsp3) is 0.688. The van der Waals surface area contributed by atoms with Crippen molar-refractivity contribution in [3.63, 3.8) is 0 Å². The van der Waals surface area contributed by atoms with Gasteiger partial charge in [-0.25, -0.2) is 0 Å². The molecular weight excluding hydrogens is 332 g/mol. The van der Waals surface area contributed by atoms with E-state index in [1.807, 2.05) is 13.8 Å². The highest BCUT2D eigenvalue weighted by molar-refractivity contribution is 7.99. The third kappa shape index (κ3) is 3.04. The zero-order valence-corrected chi connectivity index (χ0v) is 14.7. The lowest BCUT2D eigenvalue weighted by atomic mass is 9.74. The molecule has 1 aromatic heterocycles. The van der Waals surface area contributed by atoms with E-state index in [0.717, 1.165) is 17.0 Å². The topological polar surface area (TPSA) is 92.9 Å². The van der Waals surface area contributed by atoms with Gasteiger partial charge in [-0.2, -0.15) is 0 Å². The minimum absolute atomic E-state index is 0.0122. The Hall–Kier alpha value is -1.54. The first-order valence-electron chi connectivity index (χ1n) is 8.02. The van der Waals surface area contributed by atoms with Gasteiger partial charge in [-0.1, -0.05) is 5.16 Å². The molecule has 24 heavy (non-hydrogen) atoms. The molecule has 132 valence electrons. The van der Waals surface area contributed by atoms with Gasteiger partial charge in [0, 0.05) is 36.9 Å². The standard InChI is InChI=1S/C16H22N2O5S/c1-10-13(11(2)23-17-10)7-24-8-14(19)18-5-12-6-22-4-3-16(12,9-18)15(20)21/h12H,3-9H2,1-2H3,(H,20,21)/t12-,16+/m0/s1. The number of likely N-dealkylation sites (tertiary alicyclic amines) is 1. The van der Waals surface area contributed by atoms with Crippen molar-refractivity contribution in [1.29, 1.82) is 0 Å². The van der Waals surface area contributed by atoms with E-state index in [1.165, 1.54) is 11.8 Å². The molecule has 0 radical (unpaired) electrons. The Morgan fingerprint density at radius 3 is 2.88 bits per heavy atom. The van der Waals surface area contributed by atoms with Gasteiger partial charge in [0.25, 0.3) is 0 Å². The van der Waals surface area contributed by atoms with Gasteiger partial charge in [-0.05, 0) is 20.3 Å².